The lowest BCUT2D eigenvalue weighted by Gasteiger charge is -2.31. The lowest BCUT2D eigenvalue weighted by Crippen LogP contribution is -2.47. The van der Waals surface area contributed by atoms with E-state index in [2.05, 4.69) is 5.32 Å². The van der Waals surface area contributed by atoms with Crippen molar-refractivity contribution in [2.45, 2.75) is 33.2 Å². The molecule has 1 amide bonds. The van der Waals surface area contributed by atoms with Crippen LogP contribution in [0, 0.1) is 13.8 Å². The number of ether oxygens (including phenoxy) is 2. The smallest absolute Gasteiger partial charge is 0.248 e. The molecule has 8 heteroatoms. The van der Waals surface area contributed by atoms with Gasteiger partial charge in [-0.15, -0.1) is 0 Å². The monoisotopic (exact) mass is 420 g/mol. The van der Waals surface area contributed by atoms with Crippen molar-refractivity contribution in [3.05, 3.63) is 47.5 Å². The summed E-state index contributed by atoms with van der Waals surface area (Å²) in [6.45, 7) is 5.48. The van der Waals surface area contributed by atoms with Crippen LogP contribution in [0.4, 0.5) is 11.4 Å². The number of anilines is 2. The van der Waals surface area contributed by atoms with Gasteiger partial charge in [-0.3, -0.25) is 9.10 Å². The molecule has 0 aliphatic heterocycles. The predicted molar refractivity (Wildman–Crippen MR) is 115 cm³/mol. The first-order chi connectivity index (χ1) is 13.6. The van der Waals surface area contributed by atoms with Crippen LogP contribution in [-0.2, 0) is 14.8 Å². The summed E-state index contributed by atoms with van der Waals surface area (Å²) in [4.78, 5) is 13.2. The molecule has 0 radical (unpaired) electrons. The average Bonchev–Trinajstić information content (AvgIpc) is 2.66. The second-order valence-corrected chi connectivity index (χ2v) is 8.69. The largest absolute Gasteiger partial charge is 0.497 e. The molecule has 0 aliphatic rings. The van der Waals surface area contributed by atoms with Gasteiger partial charge in [0.25, 0.3) is 0 Å². The Hall–Kier alpha value is -2.74. The van der Waals surface area contributed by atoms with Crippen molar-refractivity contribution in [1.82, 2.24) is 0 Å². The molecular formula is C21H28N2O5S. The van der Waals surface area contributed by atoms with Crippen LogP contribution in [0.1, 0.15) is 24.5 Å². The quantitative estimate of drug-likeness (QED) is 0.706. The summed E-state index contributed by atoms with van der Waals surface area (Å²) in [6.07, 6.45) is 1.40. The van der Waals surface area contributed by atoms with E-state index in [0.717, 1.165) is 17.4 Å². The third-order valence-electron chi connectivity index (χ3n) is 4.60. The van der Waals surface area contributed by atoms with Crippen LogP contribution >= 0.6 is 0 Å². The van der Waals surface area contributed by atoms with Gasteiger partial charge in [0.05, 0.1) is 31.9 Å². The first kappa shape index (κ1) is 22.5. The molecule has 0 spiro atoms. The SMILES string of the molecule is CC[C@@H](C(=O)Nc1cc(OC)ccc1OC)N(c1cc(C)ccc1C)S(C)(=O)=O. The fourth-order valence-electron chi connectivity index (χ4n) is 3.12. The van der Waals surface area contributed by atoms with Crippen LogP contribution in [0.5, 0.6) is 11.5 Å². The zero-order chi connectivity index (χ0) is 21.8. The van der Waals surface area contributed by atoms with Crippen LogP contribution in [0.15, 0.2) is 36.4 Å². The van der Waals surface area contributed by atoms with E-state index in [0.29, 0.717) is 29.3 Å². The summed E-state index contributed by atoms with van der Waals surface area (Å²) in [5.41, 5.74) is 2.58. The van der Waals surface area contributed by atoms with E-state index in [9.17, 15) is 13.2 Å². The number of hydrogen-bond donors (Lipinski definition) is 1. The minimum absolute atomic E-state index is 0.290. The van der Waals surface area contributed by atoms with Gasteiger partial charge >= 0.3 is 0 Å². The molecule has 7 nitrogen and oxygen atoms in total. The van der Waals surface area contributed by atoms with Crippen LogP contribution in [0.3, 0.4) is 0 Å². The fraction of sp³-hybridized carbons (Fsp3) is 0.381. The lowest BCUT2D eigenvalue weighted by molar-refractivity contribution is -0.117. The third-order valence-corrected chi connectivity index (χ3v) is 5.76. The van der Waals surface area contributed by atoms with Gasteiger partial charge in [0.2, 0.25) is 15.9 Å². The minimum Gasteiger partial charge on any atom is -0.497 e. The number of methoxy groups -OCH3 is 2. The Balaban J connectivity index is 2.48. The maximum atomic E-state index is 13.2. The topological polar surface area (TPSA) is 84.9 Å². The predicted octanol–water partition coefficient (Wildman–Crippen LogP) is 3.50. The molecule has 0 fully saturated rings. The maximum absolute atomic E-state index is 13.2. The summed E-state index contributed by atoms with van der Waals surface area (Å²) >= 11 is 0. The number of hydrogen-bond acceptors (Lipinski definition) is 5. The molecule has 2 aromatic rings. The summed E-state index contributed by atoms with van der Waals surface area (Å²) in [5, 5.41) is 2.79. The molecule has 0 saturated heterocycles. The van der Waals surface area contributed by atoms with Crippen molar-refractivity contribution in [3.63, 3.8) is 0 Å². The minimum atomic E-state index is -3.72. The molecule has 1 atom stereocenters. The van der Waals surface area contributed by atoms with E-state index in [1.54, 1.807) is 31.2 Å². The first-order valence-electron chi connectivity index (χ1n) is 9.21. The molecule has 158 valence electrons. The van der Waals surface area contributed by atoms with Gasteiger partial charge in [0.15, 0.2) is 0 Å². The van der Waals surface area contributed by atoms with Gasteiger partial charge in [0, 0.05) is 6.07 Å². The first-order valence-corrected chi connectivity index (χ1v) is 11.1. The number of aryl methyl sites for hydroxylation is 2. The van der Waals surface area contributed by atoms with Gasteiger partial charge in [-0.05, 0) is 49.6 Å². The van der Waals surface area contributed by atoms with Crippen LogP contribution < -0.4 is 19.1 Å². The summed E-state index contributed by atoms with van der Waals surface area (Å²) in [5.74, 6) is 0.542. The number of carbonyl (C=O) groups is 1. The van der Waals surface area contributed by atoms with E-state index in [-0.39, 0.29) is 0 Å². The highest BCUT2D eigenvalue weighted by Crippen LogP contribution is 2.31. The van der Waals surface area contributed by atoms with Gasteiger partial charge in [-0.1, -0.05) is 19.1 Å². The molecule has 0 saturated carbocycles. The summed E-state index contributed by atoms with van der Waals surface area (Å²) < 4.78 is 37.1. The van der Waals surface area contributed by atoms with Crippen LogP contribution in [0.2, 0.25) is 0 Å². The van der Waals surface area contributed by atoms with E-state index in [4.69, 9.17) is 9.47 Å². The van der Waals surface area contributed by atoms with Crippen molar-refractivity contribution in [1.29, 1.82) is 0 Å². The molecular weight excluding hydrogens is 392 g/mol. The Bertz CT molecular complexity index is 989. The highest BCUT2D eigenvalue weighted by molar-refractivity contribution is 7.92. The molecule has 0 aliphatic carbocycles. The molecule has 0 unspecified atom stereocenters. The number of benzene rings is 2. The van der Waals surface area contributed by atoms with Gasteiger partial charge in [-0.2, -0.15) is 0 Å². The standard InChI is InChI=1S/C21H28N2O5S/c1-7-18(21(24)22-17-13-16(27-4)10-11-20(17)28-5)23(29(6,25)26)19-12-14(2)8-9-15(19)3/h8-13,18H,7H2,1-6H3,(H,22,24)/t18-/m0/s1. The van der Waals surface area contributed by atoms with E-state index < -0.39 is 22.0 Å². The van der Waals surface area contributed by atoms with Crippen molar-refractivity contribution >= 4 is 27.3 Å². The number of nitrogens with one attached hydrogen (secondary N) is 1. The molecule has 0 bridgehead atoms. The van der Waals surface area contributed by atoms with Gasteiger partial charge < -0.3 is 14.8 Å². The Labute approximate surface area is 172 Å². The van der Waals surface area contributed by atoms with Gasteiger partial charge in [-0.25, -0.2) is 8.42 Å². The van der Waals surface area contributed by atoms with Crippen LogP contribution in [0.25, 0.3) is 0 Å². The Morgan fingerprint density at radius 1 is 1.10 bits per heavy atom. The third kappa shape index (κ3) is 5.20. The van der Waals surface area contributed by atoms with E-state index in [1.165, 1.54) is 18.5 Å². The molecule has 1 N–H and O–H groups in total. The molecule has 0 heterocycles. The molecule has 2 aromatic carbocycles. The van der Waals surface area contributed by atoms with Crippen molar-refractivity contribution in [2.75, 3.05) is 30.1 Å². The summed E-state index contributed by atoms with van der Waals surface area (Å²) in [6, 6.07) is 9.62. The zero-order valence-corrected chi connectivity index (χ0v) is 18.5. The molecule has 2 rings (SSSR count). The highest BCUT2D eigenvalue weighted by atomic mass is 32.2. The maximum Gasteiger partial charge on any atom is 0.248 e. The van der Waals surface area contributed by atoms with E-state index in [1.807, 2.05) is 26.0 Å². The van der Waals surface area contributed by atoms with Crippen molar-refractivity contribution in [3.8, 4) is 11.5 Å². The second kappa shape index (κ2) is 9.17. The lowest BCUT2D eigenvalue weighted by atomic mass is 10.1. The second-order valence-electron chi connectivity index (χ2n) is 6.83. The number of amides is 1. The Morgan fingerprint density at radius 3 is 2.34 bits per heavy atom. The molecule has 0 aromatic heterocycles. The zero-order valence-electron chi connectivity index (χ0n) is 17.6. The number of sulfonamides is 1. The number of rotatable bonds is 8. The Morgan fingerprint density at radius 2 is 1.79 bits per heavy atom. The fourth-order valence-corrected chi connectivity index (χ4v) is 4.38. The van der Waals surface area contributed by atoms with Crippen molar-refractivity contribution in [2.24, 2.45) is 0 Å². The normalized spacial score (nSPS) is 12.2. The Kier molecular flexibility index (Phi) is 7.13. The van der Waals surface area contributed by atoms with Crippen LogP contribution in [-0.4, -0.2) is 40.8 Å². The number of nitrogens with zero attached hydrogens (tertiary/aromatic N) is 1. The van der Waals surface area contributed by atoms with E-state index >= 15 is 0 Å². The average molecular weight is 421 g/mol. The van der Waals surface area contributed by atoms with Crippen molar-refractivity contribution < 1.29 is 22.7 Å². The molecule has 29 heavy (non-hydrogen) atoms. The number of carbonyl (C=O) groups excluding carboxylic acids is 1. The summed E-state index contributed by atoms with van der Waals surface area (Å²) in [7, 11) is -0.702. The highest BCUT2D eigenvalue weighted by Gasteiger charge is 2.33. The van der Waals surface area contributed by atoms with Gasteiger partial charge in [0.1, 0.15) is 17.5 Å².